The molecule has 6 heteroatoms. The van der Waals surface area contributed by atoms with Crippen LogP contribution >= 0.6 is 11.3 Å². The van der Waals surface area contributed by atoms with E-state index < -0.39 is 9.84 Å². The third-order valence-corrected chi connectivity index (χ3v) is 5.41. The first-order valence-corrected chi connectivity index (χ1v) is 8.52. The van der Waals surface area contributed by atoms with E-state index in [1.165, 1.54) is 4.88 Å². The van der Waals surface area contributed by atoms with Crippen molar-refractivity contribution in [1.29, 1.82) is 0 Å². The first-order chi connectivity index (χ1) is 8.16. The molecule has 1 saturated heterocycles. The Bertz CT molecular complexity index is 414. The van der Waals surface area contributed by atoms with Gasteiger partial charge in [0.25, 0.3) is 0 Å². The molecule has 4 nitrogen and oxygen atoms in total. The SMILES string of the molecule is O=S1(=O)CCN(CCNCc2cccs2)CC1. The van der Waals surface area contributed by atoms with Gasteiger partial charge in [0.1, 0.15) is 0 Å². The topological polar surface area (TPSA) is 49.4 Å². The molecule has 96 valence electrons. The summed E-state index contributed by atoms with van der Waals surface area (Å²) in [5.41, 5.74) is 0. The molecule has 2 rings (SSSR count). The molecule has 2 heterocycles. The van der Waals surface area contributed by atoms with Crippen LogP contribution in [0.3, 0.4) is 0 Å². The minimum atomic E-state index is -2.74. The molecule has 0 unspecified atom stereocenters. The molecule has 0 atom stereocenters. The van der Waals surface area contributed by atoms with Crippen LogP contribution in [-0.4, -0.2) is 51.0 Å². The lowest BCUT2D eigenvalue weighted by molar-refractivity contribution is 0.294. The van der Waals surface area contributed by atoms with Gasteiger partial charge in [0.15, 0.2) is 9.84 Å². The molecule has 1 N–H and O–H groups in total. The average molecular weight is 274 g/mol. The van der Waals surface area contributed by atoms with Crippen molar-refractivity contribution >= 4 is 21.2 Å². The molecule has 1 aromatic rings. The van der Waals surface area contributed by atoms with E-state index in [1.54, 1.807) is 11.3 Å². The molecule has 0 amide bonds. The average Bonchev–Trinajstić information content (AvgIpc) is 2.79. The molecule has 1 aliphatic heterocycles. The van der Waals surface area contributed by atoms with Gasteiger partial charge in [-0.1, -0.05) is 6.07 Å². The van der Waals surface area contributed by atoms with E-state index in [-0.39, 0.29) is 0 Å². The van der Waals surface area contributed by atoms with Gasteiger partial charge in [-0.3, -0.25) is 0 Å². The van der Waals surface area contributed by atoms with Gasteiger partial charge >= 0.3 is 0 Å². The maximum absolute atomic E-state index is 11.2. The van der Waals surface area contributed by atoms with Crippen LogP contribution in [0.2, 0.25) is 0 Å². The van der Waals surface area contributed by atoms with Gasteiger partial charge in [-0.2, -0.15) is 0 Å². The predicted molar refractivity (Wildman–Crippen MR) is 71.1 cm³/mol. The highest BCUT2D eigenvalue weighted by Gasteiger charge is 2.20. The van der Waals surface area contributed by atoms with Crippen molar-refractivity contribution in [2.24, 2.45) is 0 Å². The molecule has 1 aromatic heterocycles. The van der Waals surface area contributed by atoms with Crippen molar-refractivity contribution in [2.75, 3.05) is 37.7 Å². The maximum atomic E-state index is 11.2. The molecule has 17 heavy (non-hydrogen) atoms. The first kappa shape index (κ1) is 13.0. The lowest BCUT2D eigenvalue weighted by Gasteiger charge is -2.26. The van der Waals surface area contributed by atoms with Crippen LogP contribution in [0.25, 0.3) is 0 Å². The largest absolute Gasteiger partial charge is 0.311 e. The van der Waals surface area contributed by atoms with Gasteiger partial charge in [-0.25, -0.2) is 8.42 Å². The molecule has 0 saturated carbocycles. The van der Waals surface area contributed by atoms with E-state index in [2.05, 4.69) is 27.7 Å². The smallest absolute Gasteiger partial charge is 0.152 e. The summed E-state index contributed by atoms with van der Waals surface area (Å²) in [4.78, 5) is 3.55. The zero-order valence-corrected chi connectivity index (χ0v) is 11.4. The number of hydrogen-bond acceptors (Lipinski definition) is 5. The second kappa shape index (κ2) is 5.95. The summed E-state index contributed by atoms with van der Waals surface area (Å²) in [6.45, 7) is 4.12. The minimum absolute atomic E-state index is 0.317. The molecule has 1 fully saturated rings. The van der Waals surface area contributed by atoms with Crippen molar-refractivity contribution in [1.82, 2.24) is 10.2 Å². The predicted octanol–water partition coefficient (Wildman–Crippen LogP) is 0.568. The Hall–Kier alpha value is -0.430. The van der Waals surface area contributed by atoms with Gasteiger partial charge in [-0.05, 0) is 11.4 Å². The Balaban J connectivity index is 1.60. The fraction of sp³-hybridized carbons (Fsp3) is 0.636. The van der Waals surface area contributed by atoms with Gasteiger partial charge in [0.2, 0.25) is 0 Å². The summed E-state index contributed by atoms with van der Waals surface area (Å²) in [7, 11) is -2.74. The minimum Gasteiger partial charge on any atom is -0.311 e. The van der Waals surface area contributed by atoms with E-state index >= 15 is 0 Å². The van der Waals surface area contributed by atoms with E-state index in [0.717, 1.165) is 19.6 Å². The summed E-state index contributed by atoms with van der Waals surface area (Å²) in [5, 5.41) is 5.45. The summed E-state index contributed by atoms with van der Waals surface area (Å²) in [5.74, 6) is 0.635. The fourth-order valence-corrected chi connectivity index (χ4v) is 3.79. The molecular weight excluding hydrogens is 256 g/mol. The third kappa shape index (κ3) is 4.39. The van der Waals surface area contributed by atoms with E-state index in [1.807, 2.05) is 0 Å². The van der Waals surface area contributed by atoms with Crippen molar-refractivity contribution < 1.29 is 8.42 Å². The lowest BCUT2D eigenvalue weighted by atomic mass is 10.4. The number of sulfone groups is 1. The molecular formula is C11H18N2O2S2. The highest BCUT2D eigenvalue weighted by Crippen LogP contribution is 2.07. The maximum Gasteiger partial charge on any atom is 0.152 e. The first-order valence-electron chi connectivity index (χ1n) is 5.82. The van der Waals surface area contributed by atoms with Crippen molar-refractivity contribution in [2.45, 2.75) is 6.54 Å². The summed E-state index contributed by atoms with van der Waals surface area (Å²) >= 11 is 1.75. The van der Waals surface area contributed by atoms with E-state index in [9.17, 15) is 8.42 Å². The van der Waals surface area contributed by atoms with Crippen LogP contribution in [0.15, 0.2) is 17.5 Å². The normalized spacial score (nSPS) is 20.5. The Morgan fingerprint density at radius 2 is 2.12 bits per heavy atom. The van der Waals surface area contributed by atoms with Crippen LogP contribution in [0, 0.1) is 0 Å². The molecule has 0 spiro atoms. The van der Waals surface area contributed by atoms with E-state index in [4.69, 9.17) is 0 Å². The molecule has 0 radical (unpaired) electrons. The highest BCUT2D eigenvalue weighted by atomic mass is 32.2. The number of nitrogens with one attached hydrogen (secondary N) is 1. The Morgan fingerprint density at radius 1 is 1.35 bits per heavy atom. The standard InChI is InChI=1S/C11H18N2O2S2/c14-17(15)8-5-13(6-9-17)4-3-12-10-11-2-1-7-16-11/h1-2,7,12H,3-6,8-10H2. The van der Waals surface area contributed by atoms with Crippen molar-refractivity contribution in [3.05, 3.63) is 22.4 Å². The number of hydrogen-bond donors (Lipinski definition) is 1. The molecule has 0 bridgehead atoms. The second-order valence-corrected chi connectivity index (χ2v) is 7.59. The number of thiophene rings is 1. The Kier molecular flexibility index (Phi) is 4.55. The quantitative estimate of drug-likeness (QED) is 0.798. The molecule has 0 aliphatic carbocycles. The van der Waals surface area contributed by atoms with Crippen LogP contribution in [0.1, 0.15) is 4.88 Å². The van der Waals surface area contributed by atoms with E-state index in [0.29, 0.717) is 24.6 Å². The monoisotopic (exact) mass is 274 g/mol. The van der Waals surface area contributed by atoms with Crippen LogP contribution in [0.5, 0.6) is 0 Å². The summed E-state index contributed by atoms with van der Waals surface area (Å²) in [6.07, 6.45) is 0. The van der Waals surface area contributed by atoms with Crippen LogP contribution in [-0.2, 0) is 16.4 Å². The highest BCUT2D eigenvalue weighted by molar-refractivity contribution is 7.91. The second-order valence-electron chi connectivity index (χ2n) is 4.25. The van der Waals surface area contributed by atoms with Gasteiger partial charge in [0, 0.05) is 37.6 Å². The third-order valence-electron chi connectivity index (χ3n) is 2.92. The Labute approximate surface area is 107 Å². The lowest BCUT2D eigenvalue weighted by Crippen LogP contribution is -2.43. The van der Waals surface area contributed by atoms with Crippen molar-refractivity contribution in [3.8, 4) is 0 Å². The zero-order chi connectivity index (χ0) is 12.1. The van der Waals surface area contributed by atoms with Crippen LogP contribution in [0.4, 0.5) is 0 Å². The summed E-state index contributed by atoms with van der Waals surface area (Å²) in [6, 6.07) is 4.17. The Morgan fingerprint density at radius 3 is 2.76 bits per heavy atom. The summed E-state index contributed by atoms with van der Waals surface area (Å²) < 4.78 is 22.5. The molecule has 0 aromatic carbocycles. The van der Waals surface area contributed by atoms with Crippen LogP contribution < -0.4 is 5.32 Å². The van der Waals surface area contributed by atoms with Gasteiger partial charge in [0.05, 0.1) is 11.5 Å². The van der Waals surface area contributed by atoms with Gasteiger partial charge < -0.3 is 10.2 Å². The number of nitrogens with zero attached hydrogens (tertiary/aromatic N) is 1. The number of rotatable bonds is 5. The van der Waals surface area contributed by atoms with Crippen molar-refractivity contribution in [3.63, 3.8) is 0 Å². The fourth-order valence-electron chi connectivity index (χ4n) is 1.84. The van der Waals surface area contributed by atoms with Gasteiger partial charge in [-0.15, -0.1) is 11.3 Å². The zero-order valence-electron chi connectivity index (χ0n) is 9.76. The molecule has 1 aliphatic rings.